The number of likely N-dealkylation sites (tertiary alicyclic amines) is 1. The maximum Gasteiger partial charge on any atom is 0.255 e. The Balaban J connectivity index is 1.74. The highest BCUT2D eigenvalue weighted by Crippen LogP contribution is 2.25. The lowest BCUT2D eigenvalue weighted by molar-refractivity contribution is -0.131. The summed E-state index contributed by atoms with van der Waals surface area (Å²) >= 11 is 0. The number of aromatic amines is 1. The lowest BCUT2D eigenvalue weighted by Crippen LogP contribution is -2.47. The minimum atomic E-state index is -0.219. The molecule has 0 spiro atoms. The van der Waals surface area contributed by atoms with Crippen molar-refractivity contribution in [1.82, 2.24) is 25.2 Å². The molecule has 1 saturated heterocycles. The van der Waals surface area contributed by atoms with Crippen molar-refractivity contribution in [2.45, 2.75) is 31.9 Å². The van der Waals surface area contributed by atoms with E-state index < -0.39 is 0 Å². The predicted molar refractivity (Wildman–Crippen MR) is 112 cm³/mol. The van der Waals surface area contributed by atoms with E-state index in [9.17, 15) is 9.59 Å². The third-order valence-corrected chi connectivity index (χ3v) is 5.43. The van der Waals surface area contributed by atoms with Gasteiger partial charge in [0.25, 0.3) is 5.91 Å². The smallest absolute Gasteiger partial charge is 0.255 e. The molecule has 1 aliphatic heterocycles. The number of methoxy groups -OCH3 is 2. The van der Waals surface area contributed by atoms with Crippen molar-refractivity contribution in [3.8, 4) is 0 Å². The summed E-state index contributed by atoms with van der Waals surface area (Å²) < 4.78 is 10.7. The SMILES string of the molecule is C=CC(=O)N1CC[C@@H](Cc2cnc3[nH]cc(C(=O)N[C@H](C)COC)c3n2)[C@@H](OC)C1. The number of piperidine rings is 1. The standard InChI is InChI=1S/C21H29N5O4/c1-5-18(27)26-7-6-14(17(11-26)30-4)8-15-9-22-20-19(25-15)16(10-23-20)21(28)24-13(2)12-29-3/h5,9-10,13-14,17H,1,6-8,11-12H2,2-4H3,(H,22,23)(H,24,28)/t13-,14+,17+/m1/s1. The van der Waals surface area contributed by atoms with Crippen molar-refractivity contribution >= 4 is 23.0 Å². The van der Waals surface area contributed by atoms with Crippen molar-refractivity contribution in [3.63, 3.8) is 0 Å². The molecule has 2 aromatic heterocycles. The summed E-state index contributed by atoms with van der Waals surface area (Å²) in [6, 6.07) is -0.116. The molecule has 0 unspecified atom stereocenters. The summed E-state index contributed by atoms with van der Waals surface area (Å²) in [6.07, 6.45) is 6.04. The van der Waals surface area contributed by atoms with Crippen LogP contribution in [-0.4, -0.2) is 77.7 Å². The van der Waals surface area contributed by atoms with Crippen LogP contribution in [0, 0.1) is 5.92 Å². The molecular formula is C21H29N5O4. The molecule has 0 aliphatic carbocycles. The van der Waals surface area contributed by atoms with E-state index in [1.165, 1.54) is 6.08 Å². The Bertz CT molecular complexity index is 912. The quantitative estimate of drug-likeness (QED) is 0.629. The number of carbonyl (C=O) groups excluding carboxylic acids is 2. The molecule has 9 nitrogen and oxygen atoms in total. The average Bonchev–Trinajstić information content (AvgIpc) is 3.17. The van der Waals surface area contributed by atoms with Crippen molar-refractivity contribution in [2.75, 3.05) is 33.9 Å². The van der Waals surface area contributed by atoms with Gasteiger partial charge in [0.1, 0.15) is 5.52 Å². The summed E-state index contributed by atoms with van der Waals surface area (Å²) in [5, 5.41) is 2.90. The third kappa shape index (κ3) is 4.85. The monoisotopic (exact) mass is 415 g/mol. The molecule has 9 heteroatoms. The summed E-state index contributed by atoms with van der Waals surface area (Å²) in [6.45, 7) is 7.04. The van der Waals surface area contributed by atoms with Gasteiger partial charge in [-0.25, -0.2) is 9.97 Å². The molecule has 0 bridgehead atoms. The van der Waals surface area contributed by atoms with E-state index in [2.05, 4.69) is 21.9 Å². The highest BCUT2D eigenvalue weighted by molar-refractivity contribution is 6.04. The Morgan fingerprint density at radius 2 is 2.27 bits per heavy atom. The van der Waals surface area contributed by atoms with Gasteiger partial charge < -0.3 is 24.7 Å². The second-order valence-electron chi connectivity index (χ2n) is 7.61. The molecule has 2 N–H and O–H groups in total. The number of nitrogens with one attached hydrogen (secondary N) is 2. The van der Waals surface area contributed by atoms with E-state index in [0.717, 1.165) is 12.1 Å². The van der Waals surface area contributed by atoms with E-state index in [-0.39, 0.29) is 29.9 Å². The van der Waals surface area contributed by atoms with E-state index in [1.807, 2.05) is 6.92 Å². The zero-order valence-electron chi connectivity index (χ0n) is 17.7. The number of hydrogen-bond acceptors (Lipinski definition) is 6. The minimum Gasteiger partial charge on any atom is -0.383 e. The number of rotatable bonds is 8. The van der Waals surface area contributed by atoms with Crippen LogP contribution < -0.4 is 5.32 Å². The molecule has 2 amide bonds. The highest BCUT2D eigenvalue weighted by atomic mass is 16.5. The lowest BCUT2D eigenvalue weighted by Gasteiger charge is -2.37. The first kappa shape index (κ1) is 21.9. The van der Waals surface area contributed by atoms with Gasteiger partial charge in [-0.05, 0) is 31.8 Å². The minimum absolute atomic E-state index is 0.0811. The first-order valence-electron chi connectivity index (χ1n) is 10.0. The molecular weight excluding hydrogens is 386 g/mol. The van der Waals surface area contributed by atoms with E-state index in [1.54, 1.807) is 31.5 Å². The van der Waals surface area contributed by atoms with E-state index >= 15 is 0 Å². The molecule has 3 heterocycles. The van der Waals surface area contributed by atoms with Gasteiger partial charge in [-0.2, -0.15) is 0 Å². The Hall–Kier alpha value is -2.78. The molecule has 3 atom stereocenters. The number of hydrogen-bond donors (Lipinski definition) is 2. The summed E-state index contributed by atoms with van der Waals surface area (Å²) in [5.74, 6) is -0.0980. The fourth-order valence-electron chi connectivity index (χ4n) is 3.86. The highest BCUT2D eigenvalue weighted by Gasteiger charge is 2.31. The van der Waals surface area contributed by atoms with Crippen LogP contribution in [0.3, 0.4) is 0 Å². The molecule has 3 rings (SSSR count). The Labute approximate surface area is 175 Å². The Morgan fingerprint density at radius 1 is 1.47 bits per heavy atom. The number of amides is 2. The van der Waals surface area contributed by atoms with Gasteiger partial charge in [0.2, 0.25) is 5.91 Å². The molecule has 30 heavy (non-hydrogen) atoms. The average molecular weight is 415 g/mol. The first-order chi connectivity index (χ1) is 14.5. The van der Waals surface area contributed by atoms with Crippen LogP contribution >= 0.6 is 0 Å². The normalized spacial score (nSPS) is 20.2. The predicted octanol–water partition coefficient (Wildman–Crippen LogP) is 1.31. The van der Waals surface area contributed by atoms with Gasteiger partial charge in [-0.3, -0.25) is 9.59 Å². The number of nitrogens with zero attached hydrogens (tertiary/aromatic N) is 3. The molecule has 0 saturated carbocycles. The zero-order valence-corrected chi connectivity index (χ0v) is 17.7. The zero-order chi connectivity index (χ0) is 21.7. The van der Waals surface area contributed by atoms with Crippen LogP contribution in [0.1, 0.15) is 29.4 Å². The fraction of sp³-hybridized carbons (Fsp3) is 0.524. The largest absolute Gasteiger partial charge is 0.383 e. The van der Waals surface area contributed by atoms with Crippen molar-refractivity contribution < 1.29 is 19.1 Å². The van der Waals surface area contributed by atoms with Gasteiger partial charge in [-0.1, -0.05) is 6.58 Å². The van der Waals surface area contributed by atoms with E-state index in [0.29, 0.717) is 42.8 Å². The van der Waals surface area contributed by atoms with Crippen molar-refractivity contribution in [1.29, 1.82) is 0 Å². The first-order valence-corrected chi connectivity index (χ1v) is 10.0. The molecule has 2 aromatic rings. The molecule has 162 valence electrons. The van der Waals surface area contributed by atoms with Crippen LogP contribution in [0.25, 0.3) is 11.2 Å². The fourth-order valence-corrected chi connectivity index (χ4v) is 3.86. The van der Waals surface area contributed by atoms with Gasteiger partial charge >= 0.3 is 0 Å². The van der Waals surface area contributed by atoms with Crippen LogP contribution in [0.5, 0.6) is 0 Å². The van der Waals surface area contributed by atoms with Crippen molar-refractivity contribution in [3.05, 3.63) is 36.3 Å². The maximum atomic E-state index is 12.6. The molecule has 1 fully saturated rings. The number of aromatic nitrogens is 3. The number of carbonyl (C=O) groups is 2. The van der Waals surface area contributed by atoms with Gasteiger partial charge in [0, 0.05) is 39.5 Å². The van der Waals surface area contributed by atoms with E-state index in [4.69, 9.17) is 14.5 Å². The number of fused-ring (bicyclic) bond motifs is 1. The summed E-state index contributed by atoms with van der Waals surface area (Å²) in [7, 11) is 3.25. The van der Waals surface area contributed by atoms with Gasteiger partial charge in [0.05, 0.1) is 30.2 Å². The molecule has 0 radical (unpaired) electrons. The number of ether oxygens (including phenoxy) is 2. The Kier molecular flexibility index (Phi) is 7.17. The van der Waals surface area contributed by atoms with Crippen LogP contribution in [0.4, 0.5) is 0 Å². The number of H-pyrrole nitrogens is 1. The maximum absolute atomic E-state index is 12.6. The summed E-state index contributed by atoms with van der Waals surface area (Å²) in [4.78, 5) is 38.4. The van der Waals surface area contributed by atoms with Gasteiger partial charge in [-0.15, -0.1) is 0 Å². The lowest BCUT2D eigenvalue weighted by atomic mass is 9.89. The summed E-state index contributed by atoms with van der Waals surface area (Å²) in [5.41, 5.74) is 2.36. The van der Waals surface area contributed by atoms with Crippen LogP contribution in [0.15, 0.2) is 25.0 Å². The van der Waals surface area contributed by atoms with Crippen molar-refractivity contribution in [2.24, 2.45) is 5.92 Å². The second-order valence-corrected chi connectivity index (χ2v) is 7.61. The van der Waals surface area contributed by atoms with Gasteiger partial charge in [0.15, 0.2) is 5.65 Å². The molecule has 1 aliphatic rings. The van der Waals surface area contributed by atoms with Crippen LogP contribution in [-0.2, 0) is 20.7 Å². The van der Waals surface area contributed by atoms with Crippen LogP contribution in [0.2, 0.25) is 0 Å². The molecule has 0 aromatic carbocycles. The third-order valence-electron chi connectivity index (χ3n) is 5.43. The topological polar surface area (TPSA) is 109 Å². The second kappa shape index (κ2) is 9.82. The Morgan fingerprint density at radius 3 is 2.97 bits per heavy atom.